The molecule has 2 rings (SSSR count). The van der Waals surface area contributed by atoms with Gasteiger partial charge in [-0.2, -0.15) is 0 Å². The summed E-state index contributed by atoms with van der Waals surface area (Å²) in [7, 11) is 4.92. The van der Waals surface area contributed by atoms with Gasteiger partial charge in [0.25, 0.3) is 0 Å². The Balaban J connectivity index is 0.00000200. The number of ether oxygens (including phenoxy) is 2. The third kappa shape index (κ3) is 3.15. The third-order valence-corrected chi connectivity index (χ3v) is 3.50. The topological polar surface area (TPSA) is 63.6 Å². The van der Waals surface area contributed by atoms with E-state index >= 15 is 0 Å². The van der Waals surface area contributed by atoms with Crippen LogP contribution in [0.2, 0.25) is 0 Å². The van der Waals surface area contributed by atoms with Crippen molar-refractivity contribution in [3.8, 4) is 28.5 Å². The van der Waals surface area contributed by atoms with Gasteiger partial charge >= 0.3 is 0 Å². The summed E-state index contributed by atoms with van der Waals surface area (Å²) in [6.45, 7) is 0.724. The first-order valence-corrected chi connectivity index (χ1v) is 6.62. The lowest BCUT2D eigenvalue weighted by molar-refractivity contribution is 0.334. The first-order chi connectivity index (χ1) is 9.21. The number of nitrogens with zero attached hydrogens (tertiary/aromatic N) is 1. The van der Waals surface area contributed by atoms with Crippen molar-refractivity contribution in [2.75, 3.05) is 21.3 Å². The van der Waals surface area contributed by atoms with E-state index in [0.29, 0.717) is 11.5 Å². The number of aromatic hydroxyl groups is 1. The molecule has 1 aromatic heterocycles. The molecule has 20 heavy (non-hydrogen) atoms. The van der Waals surface area contributed by atoms with Gasteiger partial charge in [-0.05, 0) is 19.2 Å². The average molecular weight is 317 g/mol. The maximum atomic E-state index is 9.75. The molecule has 0 saturated carbocycles. The minimum absolute atomic E-state index is 0. The van der Waals surface area contributed by atoms with Crippen LogP contribution in [-0.4, -0.2) is 31.4 Å². The molecular weight excluding hydrogens is 300 g/mol. The Labute approximate surface area is 128 Å². The van der Waals surface area contributed by atoms with E-state index in [1.807, 2.05) is 12.4 Å². The van der Waals surface area contributed by atoms with Gasteiger partial charge in [-0.1, -0.05) is 0 Å². The number of nitrogens with one attached hydrogen (secondary N) is 1. The monoisotopic (exact) mass is 316 g/mol. The zero-order valence-corrected chi connectivity index (χ0v) is 13.1. The summed E-state index contributed by atoms with van der Waals surface area (Å²) in [6.07, 6.45) is 0. The fourth-order valence-corrected chi connectivity index (χ4v) is 2.63. The van der Waals surface area contributed by atoms with E-state index in [2.05, 4.69) is 10.3 Å². The first kappa shape index (κ1) is 16.6. The van der Waals surface area contributed by atoms with Gasteiger partial charge in [0, 0.05) is 17.5 Å². The van der Waals surface area contributed by atoms with Gasteiger partial charge in [0.1, 0.15) is 5.01 Å². The highest BCUT2D eigenvalue weighted by Gasteiger charge is 2.17. The van der Waals surface area contributed by atoms with Crippen LogP contribution in [0.15, 0.2) is 17.5 Å². The fraction of sp³-hybridized carbons (Fsp3) is 0.308. The molecule has 0 unspecified atom stereocenters. The Hall–Kier alpha value is -1.50. The predicted octanol–water partition coefficient (Wildman–Crippen LogP) is 2.67. The Morgan fingerprint density at radius 3 is 2.55 bits per heavy atom. The smallest absolute Gasteiger partial charge is 0.203 e. The SMILES string of the molecule is CNCc1nc(-c2ccc(O)c(OC)c2OC)cs1.Cl. The van der Waals surface area contributed by atoms with Gasteiger partial charge in [-0.15, -0.1) is 23.7 Å². The molecule has 0 atom stereocenters. The molecule has 0 aliphatic carbocycles. The van der Waals surface area contributed by atoms with Gasteiger partial charge < -0.3 is 19.9 Å². The summed E-state index contributed by atoms with van der Waals surface area (Å²) in [6, 6.07) is 3.35. The van der Waals surface area contributed by atoms with Crippen LogP contribution < -0.4 is 14.8 Å². The molecule has 7 heteroatoms. The standard InChI is InChI=1S/C13H16N2O3S.ClH/c1-14-6-11-15-9(7-19-11)8-4-5-10(16)13(18-3)12(8)17-2;/h4-5,7,14,16H,6H2,1-3H3;1H. The van der Waals surface area contributed by atoms with Crippen molar-refractivity contribution < 1.29 is 14.6 Å². The minimum atomic E-state index is 0. The Morgan fingerprint density at radius 1 is 1.25 bits per heavy atom. The van der Waals surface area contributed by atoms with E-state index in [9.17, 15) is 5.11 Å². The van der Waals surface area contributed by atoms with Gasteiger partial charge in [-0.3, -0.25) is 0 Å². The molecule has 1 aromatic carbocycles. The number of benzene rings is 1. The van der Waals surface area contributed by atoms with Gasteiger partial charge in [0.05, 0.1) is 19.9 Å². The summed E-state index contributed by atoms with van der Waals surface area (Å²) >= 11 is 1.57. The summed E-state index contributed by atoms with van der Waals surface area (Å²) in [5.41, 5.74) is 1.61. The Morgan fingerprint density at radius 2 is 1.95 bits per heavy atom. The minimum Gasteiger partial charge on any atom is -0.504 e. The van der Waals surface area contributed by atoms with Crippen LogP contribution in [0.3, 0.4) is 0 Å². The van der Waals surface area contributed by atoms with Crippen molar-refractivity contribution in [3.63, 3.8) is 0 Å². The number of hydrogen-bond acceptors (Lipinski definition) is 6. The van der Waals surface area contributed by atoms with Crippen LogP contribution >= 0.6 is 23.7 Å². The van der Waals surface area contributed by atoms with Crippen molar-refractivity contribution in [1.82, 2.24) is 10.3 Å². The number of phenols is 1. The highest BCUT2D eigenvalue weighted by Crippen LogP contribution is 2.43. The molecular formula is C13H17ClN2O3S. The highest BCUT2D eigenvalue weighted by molar-refractivity contribution is 7.09. The Bertz CT molecular complexity index is 575. The second kappa shape index (κ2) is 7.33. The van der Waals surface area contributed by atoms with Crippen LogP contribution in [0.1, 0.15) is 5.01 Å². The molecule has 110 valence electrons. The molecule has 0 aliphatic rings. The number of aromatic nitrogens is 1. The molecule has 0 spiro atoms. The van der Waals surface area contributed by atoms with Crippen molar-refractivity contribution in [3.05, 3.63) is 22.5 Å². The largest absolute Gasteiger partial charge is 0.504 e. The molecule has 2 N–H and O–H groups in total. The predicted molar refractivity (Wildman–Crippen MR) is 82.3 cm³/mol. The fourth-order valence-electron chi connectivity index (χ4n) is 1.82. The molecule has 2 aromatic rings. The second-order valence-corrected chi connectivity index (χ2v) is 4.80. The van der Waals surface area contributed by atoms with E-state index in [-0.39, 0.29) is 18.2 Å². The number of hydrogen-bond donors (Lipinski definition) is 2. The maximum Gasteiger partial charge on any atom is 0.203 e. The van der Waals surface area contributed by atoms with Crippen molar-refractivity contribution >= 4 is 23.7 Å². The third-order valence-electron chi connectivity index (χ3n) is 2.66. The highest BCUT2D eigenvalue weighted by atomic mass is 35.5. The normalized spacial score (nSPS) is 9.95. The number of thiazole rings is 1. The number of halogens is 1. The van der Waals surface area contributed by atoms with Crippen LogP contribution in [0.5, 0.6) is 17.2 Å². The van der Waals surface area contributed by atoms with Gasteiger partial charge in [0.2, 0.25) is 5.75 Å². The number of rotatable bonds is 5. The van der Waals surface area contributed by atoms with Gasteiger partial charge in [0.15, 0.2) is 11.5 Å². The molecule has 0 bridgehead atoms. The van der Waals surface area contributed by atoms with Crippen molar-refractivity contribution in [2.24, 2.45) is 0 Å². The zero-order chi connectivity index (χ0) is 13.8. The Kier molecular flexibility index (Phi) is 6.06. The quantitative estimate of drug-likeness (QED) is 0.888. The second-order valence-electron chi connectivity index (χ2n) is 3.86. The molecule has 0 saturated heterocycles. The van der Waals surface area contributed by atoms with Crippen molar-refractivity contribution in [1.29, 1.82) is 0 Å². The first-order valence-electron chi connectivity index (χ1n) is 5.74. The molecule has 1 heterocycles. The lowest BCUT2D eigenvalue weighted by Crippen LogP contribution is -2.04. The van der Waals surface area contributed by atoms with Crippen LogP contribution in [0.4, 0.5) is 0 Å². The molecule has 0 fully saturated rings. The van der Waals surface area contributed by atoms with E-state index in [1.165, 1.54) is 7.11 Å². The summed E-state index contributed by atoms with van der Waals surface area (Å²) in [5.74, 6) is 0.862. The maximum absolute atomic E-state index is 9.75. The lowest BCUT2D eigenvalue weighted by atomic mass is 10.1. The lowest BCUT2D eigenvalue weighted by Gasteiger charge is -2.12. The number of methoxy groups -OCH3 is 2. The van der Waals surface area contributed by atoms with E-state index in [4.69, 9.17) is 9.47 Å². The van der Waals surface area contributed by atoms with Crippen LogP contribution in [-0.2, 0) is 6.54 Å². The van der Waals surface area contributed by atoms with E-state index in [1.54, 1.807) is 30.6 Å². The molecule has 0 radical (unpaired) electrons. The summed E-state index contributed by atoms with van der Waals surface area (Å²) in [4.78, 5) is 4.52. The number of phenolic OH excluding ortho intramolecular Hbond substituents is 1. The molecule has 0 aliphatic heterocycles. The van der Waals surface area contributed by atoms with Crippen LogP contribution in [0, 0.1) is 0 Å². The average Bonchev–Trinajstić information content (AvgIpc) is 2.87. The van der Waals surface area contributed by atoms with Crippen LogP contribution in [0.25, 0.3) is 11.3 Å². The molecule has 0 amide bonds. The van der Waals surface area contributed by atoms with Crippen molar-refractivity contribution in [2.45, 2.75) is 6.54 Å². The summed E-state index contributed by atoms with van der Waals surface area (Å²) in [5, 5.41) is 15.8. The molecule has 5 nitrogen and oxygen atoms in total. The summed E-state index contributed by atoms with van der Waals surface area (Å²) < 4.78 is 10.5. The van der Waals surface area contributed by atoms with E-state index < -0.39 is 0 Å². The zero-order valence-electron chi connectivity index (χ0n) is 11.5. The van der Waals surface area contributed by atoms with Gasteiger partial charge in [-0.25, -0.2) is 4.98 Å². The van der Waals surface area contributed by atoms with E-state index in [0.717, 1.165) is 22.8 Å².